The second kappa shape index (κ2) is 4.74. The summed E-state index contributed by atoms with van der Waals surface area (Å²) < 4.78 is 0. The molecule has 0 amide bonds. The van der Waals surface area contributed by atoms with Crippen LogP contribution in [-0.4, -0.2) is 6.21 Å². The van der Waals surface area contributed by atoms with Crippen molar-refractivity contribution in [2.75, 3.05) is 0 Å². The molecule has 0 radical (unpaired) electrons. The molecule has 0 unspecified atom stereocenters. The topological polar surface area (TPSA) is 12.4 Å². The van der Waals surface area contributed by atoms with E-state index < -0.39 is 0 Å². The van der Waals surface area contributed by atoms with Crippen molar-refractivity contribution in [1.82, 2.24) is 0 Å². The fraction of sp³-hybridized carbons (Fsp3) is 0.214. The van der Waals surface area contributed by atoms with Crippen molar-refractivity contribution in [2.24, 2.45) is 4.99 Å². The van der Waals surface area contributed by atoms with E-state index in [0.29, 0.717) is 0 Å². The number of aliphatic imine (C=N–C) groups is 1. The Kier molecular flexibility index (Phi) is 3.62. The highest BCUT2D eigenvalue weighted by Crippen LogP contribution is 2.03. The first kappa shape index (κ1) is 11.4. The van der Waals surface area contributed by atoms with Gasteiger partial charge >= 0.3 is 0 Å². The van der Waals surface area contributed by atoms with Gasteiger partial charge in [-0.15, -0.1) is 0 Å². The Morgan fingerprint density at radius 3 is 2.53 bits per heavy atom. The molecule has 0 aliphatic heterocycles. The van der Waals surface area contributed by atoms with Crippen molar-refractivity contribution < 1.29 is 0 Å². The van der Waals surface area contributed by atoms with E-state index >= 15 is 0 Å². The number of hydrogen-bond acceptors (Lipinski definition) is 1. The highest BCUT2D eigenvalue weighted by molar-refractivity contribution is 5.65. The third kappa shape index (κ3) is 2.44. The molecule has 1 heteroatoms. The monoisotopic (exact) mass is 199 g/mol. The van der Waals surface area contributed by atoms with Crippen LogP contribution in [0.25, 0.3) is 17.8 Å². The van der Waals surface area contributed by atoms with E-state index in [0.717, 1.165) is 27.3 Å². The lowest BCUT2D eigenvalue weighted by Gasteiger charge is -2.02. The number of rotatable bonds is 2. The molecule has 0 aliphatic carbocycles. The summed E-state index contributed by atoms with van der Waals surface area (Å²) in [5.41, 5.74) is 3.14. The van der Waals surface area contributed by atoms with Gasteiger partial charge in [0.25, 0.3) is 0 Å². The molecule has 1 aromatic carbocycles. The van der Waals surface area contributed by atoms with Crippen molar-refractivity contribution in [3.63, 3.8) is 0 Å². The van der Waals surface area contributed by atoms with Crippen molar-refractivity contribution in [2.45, 2.75) is 20.8 Å². The molecule has 1 aromatic rings. The van der Waals surface area contributed by atoms with E-state index in [9.17, 15) is 0 Å². The Balaban J connectivity index is 3.61. The zero-order valence-corrected chi connectivity index (χ0v) is 9.67. The van der Waals surface area contributed by atoms with Gasteiger partial charge in [-0.3, -0.25) is 4.99 Å². The molecule has 1 nitrogen and oxygen atoms in total. The molecule has 78 valence electrons. The van der Waals surface area contributed by atoms with Gasteiger partial charge in [0.2, 0.25) is 0 Å². The summed E-state index contributed by atoms with van der Waals surface area (Å²) >= 11 is 0. The second-order valence-electron chi connectivity index (χ2n) is 3.58. The number of hydrogen-bond donors (Lipinski definition) is 0. The maximum absolute atomic E-state index is 4.28. The van der Waals surface area contributed by atoms with Gasteiger partial charge < -0.3 is 0 Å². The van der Waals surface area contributed by atoms with E-state index in [1.807, 2.05) is 39.0 Å². The van der Waals surface area contributed by atoms with Crippen LogP contribution >= 0.6 is 0 Å². The molecule has 15 heavy (non-hydrogen) atoms. The molecule has 0 N–H and O–H groups in total. The zero-order valence-electron chi connectivity index (χ0n) is 9.67. The van der Waals surface area contributed by atoms with Gasteiger partial charge in [-0.1, -0.05) is 36.9 Å². The summed E-state index contributed by atoms with van der Waals surface area (Å²) in [6.07, 6.45) is 1.79. The molecule has 0 bridgehead atoms. The summed E-state index contributed by atoms with van der Waals surface area (Å²) in [6, 6.07) is 6.09. The van der Waals surface area contributed by atoms with Crippen molar-refractivity contribution in [3.8, 4) is 0 Å². The van der Waals surface area contributed by atoms with Crippen LogP contribution in [0.5, 0.6) is 0 Å². The van der Waals surface area contributed by atoms with Crippen LogP contribution in [0.2, 0.25) is 0 Å². The normalized spacial score (nSPS) is 13.0. The highest BCUT2D eigenvalue weighted by atomic mass is 14.7. The van der Waals surface area contributed by atoms with Crippen LogP contribution < -0.4 is 10.4 Å². The first-order valence-corrected chi connectivity index (χ1v) is 5.01. The SMILES string of the molecule is C=C(C)c1ccc/c(=C(\C)N=CC)c1=C. The van der Waals surface area contributed by atoms with E-state index in [1.54, 1.807) is 6.21 Å². The van der Waals surface area contributed by atoms with Crippen LogP contribution in [0.4, 0.5) is 0 Å². The molecule has 1 rings (SSSR count). The first-order valence-electron chi connectivity index (χ1n) is 5.01. The van der Waals surface area contributed by atoms with E-state index in [-0.39, 0.29) is 0 Å². The van der Waals surface area contributed by atoms with Crippen molar-refractivity contribution in [1.29, 1.82) is 0 Å². The van der Waals surface area contributed by atoms with Gasteiger partial charge in [0.1, 0.15) is 0 Å². The third-order valence-electron chi connectivity index (χ3n) is 2.35. The molecular formula is C14H17N. The largest absolute Gasteiger partial charge is 0.266 e. The molecule has 0 spiro atoms. The average molecular weight is 199 g/mol. The summed E-state index contributed by atoms with van der Waals surface area (Å²) in [5, 5.41) is 2.10. The fourth-order valence-electron chi connectivity index (χ4n) is 1.59. The predicted molar refractivity (Wildman–Crippen MR) is 69.2 cm³/mol. The van der Waals surface area contributed by atoms with Gasteiger partial charge in [-0.2, -0.15) is 0 Å². The van der Waals surface area contributed by atoms with Gasteiger partial charge in [0.05, 0.1) is 0 Å². The molecule has 0 aromatic heterocycles. The minimum atomic E-state index is 0.991. The Morgan fingerprint density at radius 1 is 1.33 bits per heavy atom. The minimum absolute atomic E-state index is 0.991. The molecule has 0 atom stereocenters. The van der Waals surface area contributed by atoms with E-state index in [1.165, 1.54) is 0 Å². The lowest BCUT2D eigenvalue weighted by molar-refractivity contribution is 1.38. The molecular weight excluding hydrogens is 182 g/mol. The Labute approximate surface area is 91.2 Å². The summed E-state index contributed by atoms with van der Waals surface area (Å²) in [5.74, 6) is 0. The quantitative estimate of drug-likeness (QED) is 0.648. The van der Waals surface area contributed by atoms with Crippen molar-refractivity contribution >= 4 is 24.1 Å². The second-order valence-corrected chi connectivity index (χ2v) is 3.58. The van der Waals surface area contributed by atoms with Crippen LogP contribution in [0.1, 0.15) is 26.3 Å². The highest BCUT2D eigenvalue weighted by Gasteiger charge is 1.96. The Hall–Kier alpha value is -1.63. The van der Waals surface area contributed by atoms with E-state index in [4.69, 9.17) is 0 Å². The van der Waals surface area contributed by atoms with Crippen LogP contribution in [0.3, 0.4) is 0 Å². The summed E-state index contributed by atoms with van der Waals surface area (Å²) in [7, 11) is 0. The summed E-state index contributed by atoms with van der Waals surface area (Å²) in [4.78, 5) is 4.28. The smallest absolute Gasteiger partial charge is 0.0446 e. The summed E-state index contributed by atoms with van der Waals surface area (Å²) in [6.45, 7) is 13.9. The standard InChI is InChI=1S/C14H17N/c1-6-15-12(5)14-9-7-8-13(10(2)3)11(14)4/h6-9H,2,4H2,1,3,5H3/b14-12-,15-6?. The lowest BCUT2D eigenvalue weighted by Crippen LogP contribution is -2.27. The zero-order chi connectivity index (χ0) is 11.4. The van der Waals surface area contributed by atoms with Gasteiger partial charge in [0.15, 0.2) is 0 Å². The molecule has 0 aliphatic rings. The maximum Gasteiger partial charge on any atom is 0.0446 e. The van der Waals surface area contributed by atoms with Crippen LogP contribution in [0.15, 0.2) is 29.8 Å². The van der Waals surface area contributed by atoms with Gasteiger partial charge in [-0.25, -0.2) is 0 Å². The number of benzene rings is 1. The fourth-order valence-corrected chi connectivity index (χ4v) is 1.59. The van der Waals surface area contributed by atoms with Crippen LogP contribution in [-0.2, 0) is 0 Å². The first-order chi connectivity index (χ1) is 7.07. The molecule has 0 saturated carbocycles. The number of nitrogens with zero attached hydrogens (tertiary/aromatic N) is 1. The number of allylic oxidation sites excluding steroid dienone is 1. The predicted octanol–water partition coefficient (Wildman–Crippen LogP) is 2.35. The average Bonchev–Trinajstić information content (AvgIpc) is 2.17. The third-order valence-corrected chi connectivity index (χ3v) is 2.35. The van der Waals surface area contributed by atoms with Crippen molar-refractivity contribution in [3.05, 3.63) is 40.8 Å². The Morgan fingerprint density at radius 2 is 2.00 bits per heavy atom. The lowest BCUT2D eigenvalue weighted by atomic mass is 10.0. The van der Waals surface area contributed by atoms with Crippen LogP contribution in [0, 0.1) is 0 Å². The maximum atomic E-state index is 4.28. The molecule has 0 heterocycles. The van der Waals surface area contributed by atoms with Gasteiger partial charge in [-0.05, 0) is 31.6 Å². The van der Waals surface area contributed by atoms with E-state index in [2.05, 4.69) is 18.2 Å². The van der Waals surface area contributed by atoms with Gasteiger partial charge in [0, 0.05) is 17.1 Å². The molecule has 0 saturated heterocycles. The Bertz CT molecular complexity index is 507. The molecule has 0 fully saturated rings. The minimum Gasteiger partial charge on any atom is -0.266 e.